The molecule has 6 nitrogen and oxygen atoms in total. The van der Waals surface area contributed by atoms with Gasteiger partial charge in [-0.2, -0.15) is 0 Å². The maximum atomic E-state index is 11.8. The van der Waals surface area contributed by atoms with Gasteiger partial charge in [0.15, 0.2) is 0 Å². The molecule has 6 heteroatoms. The number of aromatic nitrogens is 2. The van der Waals surface area contributed by atoms with Crippen molar-refractivity contribution in [1.82, 2.24) is 9.97 Å². The summed E-state index contributed by atoms with van der Waals surface area (Å²) in [5, 5.41) is 3.19. The first-order valence-corrected chi connectivity index (χ1v) is 6.72. The second kappa shape index (κ2) is 6.69. The highest BCUT2D eigenvalue weighted by Crippen LogP contribution is 2.20. The Balaban J connectivity index is 2.17. The summed E-state index contributed by atoms with van der Waals surface area (Å²) in [6.45, 7) is 4.01. The number of ether oxygens (including phenoxy) is 1. The SMILES string of the molecule is CCOC(=O)c1cc(NC(C)c2ccccn2)ncc1N. The van der Waals surface area contributed by atoms with Crippen LogP contribution in [0.5, 0.6) is 0 Å². The summed E-state index contributed by atoms with van der Waals surface area (Å²) in [5.74, 6) is 0.0938. The molecule has 0 radical (unpaired) electrons. The summed E-state index contributed by atoms with van der Waals surface area (Å²) in [6.07, 6.45) is 3.17. The monoisotopic (exact) mass is 286 g/mol. The molecule has 1 atom stereocenters. The summed E-state index contributed by atoms with van der Waals surface area (Å²) in [4.78, 5) is 20.3. The molecule has 0 spiro atoms. The standard InChI is InChI=1S/C15H18N4O2/c1-3-21-15(20)11-8-14(18-9-12(11)16)19-10(2)13-6-4-5-7-17-13/h4-10H,3,16H2,1-2H3,(H,18,19). The van der Waals surface area contributed by atoms with Crippen molar-refractivity contribution in [3.8, 4) is 0 Å². The highest BCUT2D eigenvalue weighted by molar-refractivity contribution is 5.95. The number of carbonyl (C=O) groups is 1. The summed E-state index contributed by atoms with van der Waals surface area (Å²) in [6, 6.07) is 7.24. The Morgan fingerprint density at radius 2 is 2.24 bits per heavy atom. The first-order valence-electron chi connectivity index (χ1n) is 6.72. The van der Waals surface area contributed by atoms with Crippen LogP contribution in [0.25, 0.3) is 0 Å². The zero-order valence-corrected chi connectivity index (χ0v) is 12.0. The summed E-state index contributed by atoms with van der Waals surface area (Å²) >= 11 is 0. The van der Waals surface area contributed by atoms with Gasteiger partial charge in [-0.1, -0.05) is 6.07 Å². The number of nitrogen functional groups attached to an aromatic ring is 1. The van der Waals surface area contributed by atoms with Crippen LogP contribution in [0.2, 0.25) is 0 Å². The Kier molecular flexibility index (Phi) is 4.71. The number of nitrogens with zero attached hydrogens (tertiary/aromatic N) is 2. The second-order valence-electron chi connectivity index (χ2n) is 4.50. The van der Waals surface area contributed by atoms with Gasteiger partial charge in [-0.25, -0.2) is 9.78 Å². The van der Waals surface area contributed by atoms with Crippen molar-refractivity contribution in [3.05, 3.63) is 47.9 Å². The lowest BCUT2D eigenvalue weighted by Crippen LogP contribution is -2.12. The van der Waals surface area contributed by atoms with Gasteiger partial charge in [0, 0.05) is 6.20 Å². The molecule has 0 aliphatic carbocycles. The molecule has 21 heavy (non-hydrogen) atoms. The van der Waals surface area contributed by atoms with E-state index < -0.39 is 5.97 Å². The minimum Gasteiger partial charge on any atom is -0.462 e. The lowest BCUT2D eigenvalue weighted by molar-refractivity contribution is 0.0527. The topological polar surface area (TPSA) is 90.1 Å². The molecular formula is C15H18N4O2. The number of nitrogens with two attached hydrogens (primary N) is 1. The maximum Gasteiger partial charge on any atom is 0.340 e. The fraction of sp³-hybridized carbons (Fsp3) is 0.267. The van der Waals surface area contributed by atoms with Crippen LogP contribution in [0.4, 0.5) is 11.5 Å². The fourth-order valence-electron chi connectivity index (χ4n) is 1.86. The molecule has 0 aromatic carbocycles. The normalized spacial score (nSPS) is 11.7. The molecule has 2 aromatic heterocycles. The largest absolute Gasteiger partial charge is 0.462 e. The number of hydrogen-bond acceptors (Lipinski definition) is 6. The van der Waals surface area contributed by atoms with E-state index in [-0.39, 0.29) is 6.04 Å². The van der Waals surface area contributed by atoms with E-state index in [1.54, 1.807) is 19.2 Å². The third-order valence-electron chi connectivity index (χ3n) is 2.93. The fourth-order valence-corrected chi connectivity index (χ4v) is 1.86. The number of pyridine rings is 2. The second-order valence-corrected chi connectivity index (χ2v) is 4.50. The number of rotatable bonds is 5. The van der Waals surface area contributed by atoms with Crippen LogP contribution in [0.3, 0.4) is 0 Å². The molecule has 0 saturated carbocycles. The average Bonchev–Trinajstić information content (AvgIpc) is 2.50. The Bertz CT molecular complexity index is 616. The molecular weight excluding hydrogens is 268 g/mol. The van der Waals surface area contributed by atoms with Gasteiger partial charge in [-0.3, -0.25) is 4.98 Å². The predicted octanol–water partition coefficient (Wildman–Crippen LogP) is 2.41. The Morgan fingerprint density at radius 1 is 1.43 bits per heavy atom. The van der Waals surface area contributed by atoms with Gasteiger partial charge in [0.2, 0.25) is 0 Å². The van der Waals surface area contributed by atoms with E-state index in [4.69, 9.17) is 10.5 Å². The maximum absolute atomic E-state index is 11.8. The van der Waals surface area contributed by atoms with Crippen molar-refractivity contribution in [1.29, 1.82) is 0 Å². The van der Waals surface area contributed by atoms with Crippen LogP contribution in [-0.4, -0.2) is 22.5 Å². The molecule has 3 N–H and O–H groups in total. The lowest BCUT2D eigenvalue weighted by Gasteiger charge is -2.15. The smallest absolute Gasteiger partial charge is 0.340 e. The van der Waals surface area contributed by atoms with Crippen molar-refractivity contribution in [2.24, 2.45) is 0 Å². The predicted molar refractivity (Wildman–Crippen MR) is 80.9 cm³/mol. The Hall–Kier alpha value is -2.63. The molecule has 110 valence electrons. The summed E-state index contributed by atoms with van der Waals surface area (Å²) < 4.78 is 4.97. The van der Waals surface area contributed by atoms with Gasteiger partial charge in [0.1, 0.15) is 5.82 Å². The highest BCUT2D eigenvalue weighted by atomic mass is 16.5. The number of esters is 1. The molecule has 0 amide bonds. The zero-order valence-electron chi connectivity index (χ0n) is 12.0. The highest BCUT2D eigenvalue weighted by Gasteiger charge is 2.14. The molecule has 0 fully saturated rings. The van der Waals surface area contributed by atoms with Crippen molar-refractivity contribution in [3.63, 3.8) is 0 Å². The van der Waals surface area contributed by atoms with E-state index in [0.29, 0.717) is 23.7 Å². The Labute approximate surface area is 123 Å². The van der Waals surface area contributed by atoms with Crippen molar-refractivity contribution in [2.45, 2.75) is 19.9 Å². The van der Waals surface area contributed by atoms with Crippen LogP contribution in [0, 0.1) is 0 Å². The van der Waals surface area contributed by atoms with Gasteiger partial charge < -0.3 is 15.8 Å². The van der Waals surface area contributed by atoms with Crippen LogP contribution in [0.15, 0.2) is 36.7 Å². The van der Waals surface area contributed by atoms with Gasteiger partial charge in [-0.15, -0.1) is 0 Å². The van der Waals surface area contributed by atoms with Gasteiger partial charge in [0.25, 0.3) is 0 Å². The molecule has 0 aliphatic heterocycles. The number of hydrogen-bond donors (Lipinski definition) is 2. The molecule has 0 aliphatic rings. The molecule has 0 bridgehead atoms. The average molecular weight is 286 g/mol. The molecule has 2 aromatic rings. The molecule has 2 heterocycles. The molecule has 2 rings (SSSR count). The van der Waals surface area contributed by atoms with E-state index in [9.17, 15) is 4.79 Å². The van der Waals surface area contributed by atoms with Crippen molar-refractivity contribution < 1.29 is 9.53 Å². The first kappa shape index (κ1) is 14.8. The number of anilines is 2. The molecule has 1 unspecified atom stereocenters. The van der Waals surface area contributed by atoms with Crippen molar-refractivity contribution >= 4 is 17.5 Å². The van der Waals surface area contributed by atoms with Crippen LogP contribution in [-0.2, 0) is 4.74 Å². The summed E-state index contributed by atoms with van der Waals surface area (Å²) in [5.41, 5.74) is 7.25. The number of carbonyl (C=O) groups excluding carboxylic acids is 1. The van der Waals surface area contributed by atoms with E-state index in [1.165, 1.54) is 6.20 Å². The minimum atomic E-state index is -0.453. The van der Waals surface area contributed by atoms with E-state index in [1.807, 2.05) is 25.1 Å². The van der Waals surface area contributed by atoms with E-state index in [0.717, 1.165) is 5.69 Å². The quantitative estimate of drug-likeness (QED) is 0.820. The third kappa shape index (κ3) is 3.68. The number of nitrogens with one attached hydrogen (secondary N) is 1. The van der Waals surface area contributed by atoms with Gasteiger partial charge in [0.05, 0.1) is 35.8 Å². The molecule has 0 saturated heterocycles. The van der Waals surface area contributed by atoms with Crippen LogP contribution in [0.1, 0.15) is 35.9 Å². The first-order chi connectivity index (χ1) is 10.1. The van der Waals surface area contributed by atoms with Gasteiger partial charge >= 0.3 is 5.97 Å². The Morgan fingerprint density at radius 3 is 2.90 bits per heavy atom. The van der Waals surface area contributed by atoms with Crippen LogP contribution >= 0.6 is 0 Å². The third-order valence-corrected chi connectivity index (χ3v) is 2.93. The minimum absolute atomic E-state index is 0.0441. The van der Waals surface area contributed by atoms with E-state index >= 15 is 0 Å². The summed E-state index contributed by atoms with van der Waals surface area (Å²) in [7, 11) is 0. The van der Waals surface area contributed by atoms with E-state index in [2.05, 4.69) is 15.3 Å². The lowest BCUT2D eigenvalue weighted by atomic mass is 10.2. The zero-order chi connectivity index (χ0) is 15.2. The van der Waals surface area contributed by atoms with Crippen molar-refractivity contribution in [2.75, 3.05) is 17.7 Å². The van der Waals surface area contributed by atoms with Crippen LogP contribution < -0.4 is 11.1 Å². The van der Waals surface area contributed by atoms with Gasteiger partial charge in [-0.05, 0) is 32.0 Å².